The van der Waals surface area contributed by atoms with Crippen LogP contribution in [-0.2, 0) is 0 Å². The Morgan fingerprint density at radius 3 is 2.14 bits per heavy atom. The Labute approximate surface area is 173 Å². The minimum atomic E-state index is 0.535. The zero-order valence-corrected chi connectivity index (χ0v) is 18.4. The fourth-order valence-corrected chi connectivity index (χ4v) is 2.50. The molecule has 0 aliphatic heterocycles. The summed E-state index contributed by atoms with van der Waals surface area (Å²) in [6, 6.07) is 3.62. The van der Waals surface area contributed by atoms with Crippen molar-refractivity contribution in [1.29, 1.82) is 0 Å². The number of hydrogen-bond acceptors (Lipinski definition) is 7. The van der Waals surface area contributed by atoms with Crippen molar-refractivity contribution in [2.45, 2.75) is 34.1 Å². The van der Waals surface area contributed by atoms with Crippen molar-refractivity contribution in [3.8, 4) is 17.2 Å². The van der Waals surface area contributed by atoms with Gasteiger partial charge >= 0.3 is 0 Å². The summed E-state index contributed by atoms with van der Waals surface area (Å²) >= 11 is 0. The molecule has 0 spiro atoms. The van der Waals surface area contributed by atoms with E-state index in [1.165, 1.54) is 0 Å². The van der Waals surface area contributed by atoms with E-state index in [-0.39, 0.29) is 0 Å². The van der Waals surface area contributed by atoms with Crippen LogP contribution in [-0.4, -0.2) is 31.3 Å². The molecule has 2 aromatic rings. The highest BCUT2D eigenvalue weighted by Crippen LogP contribution is 2.40. The van der Waals surface area contributed by atoms with E-state index in [1.807, 2.05) is 45.1 Å². The maximum absolute atomic E-state index is 5.38. The Hall–Kier alpha value is -3.22. The van der Waals surface area contributed by atoms with Crippen LogP contribution in [0, 0.1) is 0 Å². The molecule has 0 atom stereocenters. The van der Waals surface area contributed by atoms with E-state index in [2.05, 4.69) is 33.6 Å². The van der Waals surface area contributed by atoms with Gasteiger partial charge in [0.2, 0.25) is 5.75 Å². The lowest BCUT2D eigenvalue weighted by Gasteiger charge is -2.15. The van der Waals surface area contributed by atoms with E-state index in [9.17, 15) is 0 Å². The van der Waals surface area contributed by atoms with Crippen LogP contribution in [0.3, 0.4) is 0 Å². The first kappa shape index (κ1) is 23.8. The molecule has 0 saturated carbocycles. The third-order valence-corrected chi connectivity index (χ3v) is 3.61. The molecule has 2 rings (SSSR count). The molecule has 158 valence electrons. The number of benzene rings is 1. The number of nitrogens with one attached hydrogen (secondary N) is 2. The predicted octanol–water partition coefficient (Wildman–Crippen LogP) is 5.55. The normalized spacial score (nSPS) is 10.8. The van der Waals surface area contributed by atoms with Gasteiger partial charge in [-0.05, 0) is 19.4 Å². The Bertz CT molecular complexity index is 794. The molecule has 0 aliphatic carbocycles. The van der Waals surface area contributed by atoms with Crippen molar-refractivity contribution in [1.82, 2.24) is 9.97 Å². The van der Waals surface area contributed by atoms with Gasteiger partial charge < -0.3 is 24.8 Å². The monoisotopic (exact) mass is 400 g/mol. The maximum atomic E-state index is 5.38. The van der Waals surface area contributed by atoms with Crippen LogP contribution in [0.4, 0.5) is 17.3 Å². The molecule has 1 aromatic carbocycles. The van der Waals surface area contributed by atoms with Gasteiger partial charge in [-0.25, -0.2) is 4.98 Å². The molecule has 2 N–H and O–H groups in total. The van der Waals surface area contributed by atoms with Gasteiger partial charge in [-0.3, -0.25) is 4.98 Å². The van der Waals surface area contributed by atoms with Crippen LogP contribution >= 0.6 is 0 Å². The van der Waals surface area contributed by atoms with E-state index in [1.54, 1.807) is 33.7 Å². The summed E-state index contributed by atoms with van der Waals surface area (Å²) in [6.45, 7) is 8.05. The largest absolute Gasteiger partial charge is 0.493 e. The highest BCUT2D eigenvalue weighted by Gasteiger charge is 2.13. The Balaban J connectivity index is 0.00000204. The minimum absolute atomic E-state index is 0.535. The van der Waals surface area contributed by atoms with Crippen LogP contribution < -0.4 is 24.8 Å². The fourth-order valence-electron chi connectivity index (χ4n) is 2.50. The van der Waals surface area contributed by atoms with Gasteiger partial charge in [-0.1, -0.05) is 32.9 Å². The second-order valence-corrected chi connectivity index (χ2v) is 5.52. The van der Waals surface area contributed by atoms with Crippen LogP contribution in [0.2, 0.25) is 0 Å². The zero-order valence-electron chi connectivity index (χ0n) is 18.4. The maximum Gasteiger partial charge on any atom is 0.203 e. The molecule has 7 nitrogen and oxygen atoms in total. The van der Waals surface area contributed by atoms with E-state index in [0.29, 0.717) is 28.9 Å². The number of aromatic nitrogens is 2. The molecule has 0 bridgehead atoms. The number of nitrogens with zero attached hydrogens (tertiary/aromatic N) is 2. The first-order valence-corrected chi connectivity index (χ1v) is 9.64. The minimum Gasteiger partial charge on any atom is -0.493 e. The van der Waals surface area contributed by atoms with Crippen molar-refractivity contribution in [2.75, 3.05) is 32.0 Å². The average Bonchev–Trinajstić information content (AvgIpc) is 2.75. The molecule has 1 aromatic heterocycles. The molecule has 29 heavy (non-hydrogen) atoms. The van der Waals surface area contributed by atoms with Crippen molar-refractivity contribution >= 4 is 17.3 Å². The van der Waals surface area contributed by atoms with E-state index in [4.69, 9.17) is 14.2 Å². The lowest BCUT2D eigenvalue weighted by Crippen LogP contribution is -2.03. The summed E-state index contributed by atoms with van der Waals surface area (Å²) in [5.74, 6) is 2.88. The van der Waals surface area contributed by atoms with Crippen molar-refractivity contribution in [3.05, 3.63) is 48.5 Å². The van der Waals surface area contributed by atoms with Crippen molar-refractivity contribution in [3.63, 3.8) is 0 Å². The summed E-state index contributed by atoms with van der Waals surface area (Å²) in [5, 5.41) is 6.48. The zero-order chi connectivity index (χ0) is 21.6. The summed E-state index contributed by atoms with van der Waals surface area (Å²) in [4.78, 5) is 8.80. The standard InChI is InChI=1S/C20H26N4O3.C2H6/c1-6-8-14(9-7-2)22-18-12-21-13-19(24-18)23-15-10-16(25-3)20(27-5)17(11-15)26-4;1-2/h6,8-13H,7H2,1-5H3,(H2,22,23,24);1-2H3/b8-6-,14-9+;. The first-order chi connectivity index (χ1) is 14.1. The van der Waals surface area contributed by atoms with Gasteiger partial charge in [0.05, 0.1) is 33.7 Å². The van der Waals surface area contributed by atoms with E-state index >= 15 is 0 Å². The SMILES string of the molecule is C/C=C\C(=C/CC)Nc1cncc(Nc2cc(OC)c(OC)c(OC)c2)n1.CC. The summed E-state index contributed by atoms with van der Waals surface area (Å²) in [7, 11) is 4.72. The van der Waals surface area contributed by atoms with Crippen molar-refractivity contribution in [2.24, 2.45) is 0 Å². The molecular formula is C22H32N4O3. The first-order valence-electron chi connectivity index (χ1n) is 9.64. The predicted molar refractivity (Wildman–Crippen MR) is 120 cm³/mol. The summed E-state index contributed by atoms with van der Waals surface area (Å²) in [5.41, 5.74) is 1.72. The van der Waals surface area contributed by atoms with E-state index in [0.717, 1.165) is 17.8 Å². The van der Waals surface area contributed by atoms with Crippen LogP contribution in [0.5, 0.6) is 17.2 Å². The van der Waals surface area contributed by atoms with E-state index < -0.39 is 0 Å². The number of methoxy groups -OCH3 is 3. The lowest BCUT2D eigenvalue weighted by atomic mass is 10.2. The molecule has 0 aliphatic rings. The highest BCUT2D eigenvalue weighted by atomic mass is 16.5. The van der Waals surface area contributed by atoms with Crippen LogP contribution in [0.1, 0.15) is 34.1 Å². The lowest BCUT2D eigenvalue weighted by molar-refractivity contribution is 0.324. The van der Waals surface area contributed by atoms with Gasteiger partial charge in [0, 0.05) is 23.5 Å². The third-order valence-electron chi connectivity index (χ3n) is 3.61. The number of ether oxygens (including phenoxy) is 3. The average molecular weight is 401 g/mol. The molecule has 0 fully saturated rings. The Kier molecular flexibility index (Phi) is 10.7. The topological polar surface area (TPSA) is 77.5 Å². The van der Waals surface area contributed by atoms with Gasteiger partial charge in [0.25, 0.3) is 0 Å². The number of hydrogen-bond donors (Lipinski definition) is 2. The molecule has 0 amide bonds. The quantitative estimate of drug-likeness (QED) is 0.534. The van der Waals surface area contributed by atoms with Gasteiger partial charge in [0.15, 0.2) is 23.1 Å². The summed E-state index contributed by atoms with van der Waals surface area (Å²) in [6.07, 6.45) is 10.3. The summed E-state index contributed by atoms with van der Waals surface area (Å²) < 4.78 is 16.1. The number of allylic oxidation sites excluding steroid dienone is 3. The van der Waals surface area contributed by atoms with Gasteiger partial charge in [0.1, 0.15) is 0 Å². The van der Waals surface area contributed by atoms with Gasteiger partial charge in [-0.15, -0.1) is 0 Å². The second-order valence-electron chi connectivity index (χ2n) is 5.52. The van der Waals surface area contributed by atoms with Crippen molar-refractivity contribution < 1.29 is 14.2 Å². The molecule has 0 radical (unpaired) electrons. The van der Waals surface area contributed by atoms with Crippen LogP contribution in [0.15, 0.2) is 48.5 Å². The Morgan fingerprint density at radius 2 is 1.62 bits per heavy atom. The molecule has 1 heterocycles. The smallest absolute Gasteiger partial charge is 0.203 e. The molecular weight excluding hydrogens is 368 g/mol. The number of rotatable bonds is 9. The fraction of sp³-hybridized carbons (Fsp3) is 0.364. The number of anilines is 3. The van der Waals surface area contributed by atoms with Gasteiger partial charge in [-0.2, -0.15) is 0 Å². The molecule has 7 heteroatoms. The second kappa shape index (κ2) is 13.0. The van der Waals surface area contributed by atoms with Crippen LogP contribution in [0.25, 0.3) is 0 Å². The molecule has 0 saturated heterocycles. The molecule has 0 unspecified atom stereocenters. The Morgan fingerprint density at radius 1 is 1.00 bits per heavy atom. The third kappa shape index (κ3) is 7.03. The highest BCUT2D eigenvalue weighted by molar-refractivity contribution is 5.67.